The first-order valence-electron chi connectivity index (χ1n) is 4.45. The number of esters is 1. The van der Waals surface area contributed by atoms with E-state index in [0.29, 0.717) is 0 Å². The summed E-state index contributed by atoms with van der Waals surface area (Å²) in [6.07, 6.45) is 1.49. The lowest BCUT2D eigenvalue weighted by Crippen LogP contribution is -2.38. The zero-order valence-electron chi connectivity index (χ0n) is 9.10. The second kappa shape index (κ2) is 4.51. The molecule has 0 radical (unpaired) electrons. The second-order valence-corrected chi connectivity index (χ2v) is 3.26. The molecule has 8 nitrogen and oxygen atoms in total. The number of guanidine groups is 1. The molecule has 1 heterocycles. The highest BCUT2D eigenvalue weighted by Crippen LogP contribution is 2.10. The van der Waals surface area contributed by atoms with E-state index in [1.165, 1.54) is 22.7 Å². The fourth-order valence-corrected chi connectivity index (χ4v) is 0.929. The van der Waals surface area contributed by atoms with E-state index in [0.717, 1.165) is 0 Å². The van der Waals surface area contributed by atoms with Crippen LogP contribution in [-0.2, 0) is 11.8 Å². The number of aryl methyl sites for hydroxylation is 1. The third-order valence-electron chi connectivity index (χ3n) is 1.89. The number of aromatic nitrogens is 2. The molecule has 0 saturated carbocycles. The molecule has 1 rings (SSSR count). The first-order chi connectivity index (χ1) is 7.40. The lowest BCUT2D eigenvalue weighted by atomic mass is 10.6. The monoisotopic (exact) mass is 226 g/mol. The standard InChI is InChI=1S/C8H14N6O2/c1-13(7(9)10)4-6(15)16-5-3-14(2)8(11)12-5/h3H,4H2,1-2H3,(H3,9,10)(H2,11,12). The number of nitrogen functional groups attached to an aromatic ring is 1. The zero-order chi connectivity index (χ0) is 12.3. The normalized spacial score (nSPS) is 9.88. The maximum atomic E-state index is 11.3. The number of carbonyl (C=O) groups is 1. The minimum Gasteiger partial charge on any atom is -0.404 e. The lowest BCUT2D eigenvalue weighted by molar-refractivity contribution is -0.134. The SMILES string of the molecule is CN(CC(=O)Oc1cn(C)c(N)n1)C(=N)N. The van der Waals surface area contributed by atoms with Crippen LogP contribution >= 0.6 is 0 Å². The number of likely N-dealkylation sites (N-methyl/N-ethyl adjacent to an activating group) is 1. The van der Waals surface area contributed by atoms with Gasteiger partial charge in [0.05, 0.1) is 6.20 Å². The van der Waals surface area contributed by atoms with E-state index >= 15 is 0 Å². The van der Waals surface area contributed by atoms with Crippen LogP contribution in [0.5, 0.6) is 5.88 Å². The Hall–Kier alpha value is -2.25. The summed E-state index contributed by atoms with van der Waals surface area (Å²) in [5.74, 6) is -0.391. The van der Waals surface area contributed by atoms with E-state index in [4.69, 9.17) is 21.6 Å². The maximum Gasteiger partial charge on any atom is 0.332 e. The fraction of sp³-hybridized carbons (Fsp3) is 0.375. The van der Waals surface area contributed by atoms with Crippen LogP contribution in [0.4, 0.5) is 5.95 Å². The number of rotatable bonds is 3. The molecule has 0 fully saturated rings. The molecule has 1 aromatic rings. The number of hydrogen-bond acceptors (Lipinski definition) is 5. The van der Waals surface area contributed by atoms with Gasteiger partial charge in [0.25, 0.3) is 0 Å². The van der Waals surface area contributed by atoms with Gasteiger partial charge in [0.1, 0.15) is 6.54 Å². The molecule has 16 heavy (non-hydrogen) atoms. The summed E-state index contributed by atoms with van der Waals surface area (Å²) < 4.78 is 6.42. The molecule has 0 aromatic carbocycles. The number of ether oxygens (including phenoxy) is 1. The van der Waals surface area contributed by atoms with Gasteiger partial charge in [0.15, 0.2) is 5.96 Å². The highest BCUT2D eigenvalue weighted by atomic mass is 16.5. The molecule has 0 atom stereocenters. The molecule has 8 heteroatoms. The van der Waals surface area contributed by atoms with Crippen molar-refractivity contribution in [2.24, 2.45) is 12.8 Å². The first kappa shape index (κ1) is 11.8. The molecule has 0 saturated heterocycles. The number of carbonyl (C=O) groups excluding carboxylic acids is 1. The van der Waals surface area contributed by atoms with E-state index < -0.39 is 5.97 Å². The smallest absolute Gasteiger partial charge is 0.332 e. The van der Waals surface area contributed by atoms with Crippen LogP contribution in [0.2, 0.25) is 0 Å². The van der Waals surface area contributed by atoms with Gasteiger partial charge in [-0.2, -0.15) is 4.98 Å². The molecule has 0 aliphatic carbocycles. The summed E-state index contributed by atoms with van der Waals surface area (Å²) in [5.41, 5.74) is 10.6. The van der Waals surface area contributed by atoms with Crippen molar-refractivity contribution in [3.05, 3.63) is 6.20 Å². The van der Waals surface area contributed by atoms with Gasteiger partial charge in [-0.25, -0.2) is 4.79 Å². The van der Waals surface area contributed by atoms with Crippen LogP contribution < -0.4 is 16.2 Å². The van der Waals surface area contributed by atoms with Crippen molar-refractivity contribution in [3.63, 3.8) is 0 Å². The number of nitrogens with two attached hydrogens (primary N) is 2. The van der Waals surface area contributed by atoms with E-state index in [-0.39, 0.29) is 24.3 Å². The van der Waals surface area contributed by atoms with E-state index in [1.54, 1.807) is 7.05 Å². The van der Waals surface area contributed by atoms with Crippen LogP contribution in [0.3, 0.4) is 0 Å². The molecule has 0 aliphatic heterocycles. The van der Waals surface area contributed by atoms with E-state index in [9.17, 15) is 4.79 Å². The molecule has 1 aromatic heterocycles. The van der Waals surface area contributed by atoms with Crippen molar-refractivity contribution in [1.82, 2.24) is 14.5 Å². The Labute approximate surface area is 92.3 Å². The van der Waals surface area contributed by atoms with Gasteiger partial charge < -0.3 is 25.7 Å². The fourth-order valence-electron chi connectivity index (χ4n) is 0.929. The van der Waals surface area contributed by atoms with Crippen LogP contribution in [0.15, 0.2) is 6.20 Å². The van der Waals surface area contributed by atoms with Crippen molar-refractivity contribution in [1.29, 1.82) is 5.41 Å². The van der Waals surface area contributed by atoms with Gasteiger partial charge in [-0.1, -0.05) is 0 Å². The average Bonchev–Trinajstić information content (AvgIpc) is 2.45. The van der Waals surface area contributed by atoms with Crippen molar-refractivity contribution in [2.45, 2.75) is 0 Å². The lowest BCUT2D eigenvalue weighted by Gasteiger charge is -2.14. The van der Waals surface area contributed by atoms with Crippen LogP contribution in [0, 0.1) is 5.41 Å². The summed E-state index contributed by atoms with van der Waals surface area (Å²) in [6, 6.07) is 0. The summed E-state index contributed by atoms with van der Waals surface area (Å²) in [7, 11) is 3.19. The number of imidazole rings is 1. The topological polar surface area (TPSA) is 123 Å². The molecule has 0 spiro atoms. The van der Waals surface area contributed by atoms with Gasteiger partial charge in [-0.3, -0.25) is 5.41 Å². The molecule has 5 N–H and O–H groups in total. The highest BCUT2D eigenvalue weighted by molar-refractivity contribution is 5.81. The average molecular weight is 226 g/mol. The minimum atomic E-state index is -0.559. The number of hydrogen-bond donors (Lipinski definition) is 3. The number of nitrogens with one attached hydrogen (secondary N) is 1. The van der Waals surface area contributed by atoms with Gasteiger partial charge in [-0.15, -0.1) is 0 Å². The maximum absolute atomic E-state index is 11.3. The van der Waals surface area contributed by atoms with Crippen molar-refractivity contribution in [3.8, 4) is 5.88 Å². The Morgan fingerprint density at radius 3 is 2.81 bits per heavy atom. The van der Waals surface area contributed by atoms with Crippen LogP contribution in [-0.4, -0.2) is 40.0 Å². The second-order valence-electron chi connectivity index (χ2n) is 3.26. The van der Waals surface area contributed by atoms with Crippen molar-refractivity contribution >= 4 is 17.9 Å². The molecule has 88 valence electrons. The summed E-state index contributed by atoms with van der Waals surface area (Å²) in [4.78, 5) is 16.4. The molecule has 0 amide bonds. The van der Waals surface area contributed by atoms with Crippen LogP contribution in [0.25, 0.3) is 0 Å². The Kier molecular flexibility index (Phi) is 3.33. The molecule has 0 unspecified atom stereocenters. The molecular formula is C8H14N6O2. The van der Waals surface area contributed by atoms with Crippen LogP contribution in [0.1, 0.15) is 0 Å². The predicted octanol–water partition coefficient (Wildman–Crippen LogP) is -1.27. The first-order valence-corrected chi connectivity index (χ1v) is 4.45. The zero-order valence-corrected chi connectivity index (χ0v) is 9.10. The van der Waals surface area contributed by atoms with E-state index in [2.05, 4.69) is 4.98 Å². The Bertz CT molecular complexity index is 393. The third kappa shape index (κ3) is 2.87. The van der Waals surface area contributed by atoms with Gasteiger partial charge in [0.2, 0.25) is 11.8 Å². The number of anilines is 1. The van der Waals surface area contributed by atoms with E-state index in [1.807, 2.05) is 0 Å². The third-order valence-corrected chi connectivity index (χ3v) is 1.89. The molecule has 0 aliphatic rings. The van der Waals surface area contributed by atoms with Gasteiger partial charge >= 0.3 is 5.97 Å². The van der Waals surface area contributed by atoms with Crippen molar-refractivity contribution < 1.29 is 9.53 Å². The Balaban J connectivity index is 2.55. The summed E-state index contributed by atoms with van der Waals surface area (Å²) in [5, 5.41) is 7.07. The molecular weight excluding hydrogens is 212 g/mol. The Morgan fingerprint density at radius 2 is 2.38 bits per heavy atom. The highest BCUT2D eigenvalue weighted by Gasteiger charge is 2.12. The quantitative estimate of drug-likeness (QED) is 0.335. The van der Waals surface area contributed by atoms with Gasteiger partial charge in [-0.05, 0) is 0 Å². The van der Waals surface area contributed by atoms with Crippen molar-refractivity contribution in [2.75, 3.05) is 19.3 Å². The van der Waals surface area contributed by atoms with Gasteiger partial charge in [0, 0.05) is 14.1 Å². The predicted molar refractivity (Wildman–Crippen MR) is 57.8 cm³/mol. The largest absolute Gasteiger partial charge is 0.404 e. The molecule has 0 bridgehead atoms. The summed E-state index contributed by atoms with van der Waals surface area (Å²) in [6.45, 7) is -0.119. The minimum absolute atomic E-state index is 0.119. The summed E-state index contributed by atoms with van der Waals surface area (Å²) >= 11 is 0. The number of nitrogens with zero attached hydrogens (tertiary/aromatic N) is 3. The Morgan fingerprint density at radius 1 is 1.75 bits per heavy atom.